The van der Waals surface area contributed by atoms with Crippen LogP contribution in [0.15, 0.2) is 0 Å². The summed E-state index contributed by atoms with van der Waals surface area (Å²) < 4.78 is 5.91. The van der Waals surface area contributed by atoms with Crippen LogP contribution in [0.1, 0.15) is 40.0 Å². The Balaban J connectivity index is 2.54. The molecule has 1 aliphatic rings. The van der Waals surface area contributed by atoms with Gasteiger partial charge < -0.3 is 10.5 Å². The molecule has 2 N–H and O–H groups in total. The molecule has 0 aromatic rings. The van der Waals surface area contributed by atoms with E-state index in [2.05, 4.69) is 32.7 Å². The van der Waals surface area contributed by atoms with E-state index in [4.69, 9.17) is 10.5 Å². The van der Waals surface area contributed by atoms with Crippen molar-refractivity contribution in [2.45, 2.75) is 64.3 Å². The summed E-state index contributed by atoms with van der Waals surface area (Å²) in [6.45, 7) is 7.31. The van der Waals surface area contributed by atoms with Gasteiger partial charge in [0.15, 0.2) is 0 Å². The number of nitrogens with two attached hydrogens (primary N) is 1. The van der Waals surface area contributed by atoms with Crippen LogP contribution in [0.3, 0.4) is 0 Å². The largest absolute Gasteiger partial charge is 0.374 e. The lowest BCUT2D eigenvalue weighted by Gasteiger charge is -2.35. The Morgan fingerprint density at radius 3 is 2.53 bits per heavy atom. The molecule has 3 heteroatoms. The van der Waals surface area contributed by atoms with E-state index in [-0.39, 0.29) is 0 Å². The topological polar surface area (TPSA) is 38.5 Å². The summed E-state index contributed by atoms with van der Waals surface area (Å²) in [5, 5.41) is 0. The van der Waals surface area contributed by atoms with Gasteiger partial charge in [-0.3, -0.25) is 4.90 Å². The van der Waals surface area contributed by atoms with Crippen LogP contribution in [0.25, 0.3) is 0 Å². The number of likely N-dealkylation sites (N-methyl/N-ethyl adjacent to an activating group) is 1. The second-order valence-corrected chi connectivity index (χ2v) is 4.79. The molecule has 0 saturated carbocycles. The Morgan fingerprint density at radius 2 is 2.13 bits per heavy atom. The molecule has 0 radical (unpaired) electrons. The fourth-order valence-electron chi connectivity index (χ4n) is 2.31. The van der Waals surface area contributed by atoms with E-state index in [0.717, 1.165) is 12.8 Å². The number of hydrogen-bond donors (Lipinski definition) is 1. The average Bonchev–Trinajstić information content (AvgIpc) is 2.64. The maximum Gasteiger partial charge on any atom is 0.0747 e. The number of hydrogen-bond acceptors (Lipinski definition) is 3. The van der Waals surface area contributed by atoms with E-state index < -0.39 is 0 Å². The molecule has 4 unspecified atom stereocenters. The first-order valence-corrected chi connectivity index (χ1v) is 6.17. The summed E-state index contributed by atoms with van der Waals surface area (Å²) in [7, 11) is 2.16. The van der Waals surface area contributed by atoms with Crippen LogP contribution in [-0.4, -0.2) is 42.8 Å². The summed E-state index contributed by atoms with van der Waals surface area (Å²) in [5.41, 5.74) is 5.87. The van der Waals surface area contributed by atoms with E-state index in [1.807, 2.05) is 0 Å². The molecule has 0 aromatic carbocycles. The van der Waals surface area contributed by atoms with Crippen LogP contribution in [0.2, 0.25) is 0 Å². The van der Waals surface area contributed by atoms with Crippen molar-refractivity contribution in [2.75, 3.05) is 13.6 Å². The van der Waals surface area contributed by atoms with Crippen LogP contribution in [0.4, 0.5) is 0 Å². The lowest BCUT2D eigenvalue weighted by Crippen LogP contribution is -2.49. The minimum Gasteiger partial charge on any atom is -0.374 e. The molecule has 1 fully saturated rings. The normalized spacial score (nSPS) is 30.8. The highest BCUT2D eigenvalue weighted by atomic mass is 16.5. The van der Waals surface area contributed by atoms with Crippen molar-refractivity contribution in [1.82, 2.24) is 4.90 Å². The van der Waals surface area contributed by atoms with Crippen LogP contribution < -0.4 is 5.73 Å². The van der Waals surface area contributed by atoms with E-state index in [9.17, 15) is 0 Å². The van der Waals surface area contributed by atoms with Crippen LogP contribution in [0.5, 0.6) is 0 Å². The lowest BCUT2D eigenvalue weighted by atomic mass is 10.0. The number of nitrogens with zero attached hydrogens (tertiary/aromatic N) is 1. The van der Waals surface area contributed by atoms with Crippen molar-refractivity contribution < 1.29 is 4.74 Å². The molecule has 0 amide bonds. The second-order valence-electron chi connectivity index (χ2n) is 4.79. The molecule has 1 rings (SSSR count). The van der Waals surface area contributed by atoms with Crippen LogP contribution in [-0.2, 0) is 4.74 Å². The second kappa shape index (κ2) is 5.83. The van der Waals surface area contributed by atoms with Gasteiger partial charge in [0, 0.05) is 18.6 Å². The fraction of sp³-hybridized carbons (Fsp3) is 1.00. The Labute approximate surface area is 94.0 Å². The molecular formula is C12H26N2O. The SMILES string of the molecule is CCC(C)N(C)C(CN)C1CCC(C)O1. The molecule has 1 heterocycles. The van der Waals surface area contributed by atoms with Gasteiger partial charge in [0.1, 0.15) is 0 Å². The molecule has 1 aliphatic heterocycles. The monoisotopic (exact) mass is 214 g/mol. The Morgan fingerprint density at radius 1 is 1.47 bits per heavy atom. The predicted molar refractivity (Wildman–Crippen MR) is 63.9 cm³/mol. The zero-order valence-electron chi connectivity index (χ0n) is 10.6. The smallest absolute Gasteiger partial charge is 0.0747 e. The van der Waals surface area contributed by atoms with Crippen molar-refractivity contribution in [3.63, 3.8) is 0 Å². The first-order valence-electron chi connectivity index (χ1n) is 6.17. The van der Waals surface area contributed by atoms with Crippen molar-refractivity contribution in [3.8, 4) is 0 Å². The van der Waals surface area contributed by atoms with Crippen LogP contribution in [0, 0.1) is 0 Å². The minimum atomic E-state index is 0.337. The molecule has 1 saturated heterocycles. The molecule has 0 aromatic heterocycles. The van der Waals surface area contributed by atoms with Gasteiger partial charge in [-0.05, 0) is 40.2 Å². The molecule has 4 atom stereocenters. The van der Waals surface area contributed by atoms with Gasteiger partial charge in [0.2, 0.25) is 0 Å². The van der Waals surface area contributed by atoms with Gasteiger partial charge in [0.05, 0.1) is 12.2 Å². The quantitative estimate of drug-likeness (QED) is 0.755. The summed E-state index contributed by atoms with van der Waals surface area (Å²) in [6, 6.07) is 0.961. The average molecular weight is 214 g/mol. The zero-order chi connectivity index (χ0) is 11.4. The summed E-state index contributed by atoms with van der Waals surface area (Å²) >= 11 is 0. The van der Waals surface area contributed by atoms with Crippen molar-refractivity contribution in [3.05, 3.63) is 0 Å². The van der Waals surface area contributed by atoms with Crippen molar-refractivity contribution in [1.29, 1.82) is 0 Å². The summed E-state index contributed by atoms with van der Waals surface area (Å²) in [4.78, 5) is 2.38. The van der Waals surface area contributed by atoms with Gasteiger partial charge >= 0.3 is 0 Å². The highest BCUT2D eigenvalue weighted by Gasteiger charge is 2.32. The van der Waals surface area contributed by atoms with E-state index in [1.165, 1.54) is 6.42 Å². The maximum absolute atomic E-state index is 5.91. The fourth-order valence-corrected chi connectivity index (χ4v) is 2.31. The van der Waals surface area contributed by atoms with Gasteiger partial charge in [-0.15, -0.1) is 0 Å². The third-order valence-electron chi connectivity index (χ3n) is 3.74. The highest BCUT2D eigenvalue weighted by Crippen LogP contribution is 2.24. The van der Waals surface area contributed by atoms with Crippen molar-refractivity contribution >= 4 is 0 Å². The lowest BCUT2D eigenvalue weighted by molar-refractivity contribution is -0.00697. The van der Waals surface area contributed by atoms with E-state index in [0.29, 0.717) is 30.8 Å². The molecule has 90 valence electrons. The molecule has 0 bridgehead atoms. The highest BCUT2D eigenvalue weighted by molar-refractivity contribution is 4.86. The minimum absolute atomic E-state index is 0.337. The van der Waals surface area contributed by atoms with Crippen LogP contribution >= 0.6 is 0 Å². The summed E-state index contributed by atoms with van der Waals surface area (Å²) in [5.74, 6) is 0. The Hall–Kier alpha value is -0.120. The zero-order valence-corrected chi connectivity index (χ0v) is 10.6. The van der Waals surface area contributed by atoms with Gasteiger partial charge in [-0.25, -0.2) is 0 Å². The van der Waals surface area contributed by atoms with Crippen molar-refractivity contribution in [2.24, 2.45) is 5.73 Å². The van der Waals surface area contributed by atoms with Gasteiger partial charge in [0.25, 0.3) is 0 Å². The summed E-state index contributed by atoms with van der Waals surface area (Å²) in [6.07, 6.45) is 4.24. The Kier molecular flexibility index (Phi) is 5.03. The molecule has 15 heavy (non-hydrogen) atoms. The molecule has 3 nitrogen and oxygen atoms in total. The molecule has 0 aliphatic carbocycles. The van der Waals surface area contributed by atoms with Gasteiger partial charge in [-0.1, -0.05) is 6.92 Å². The molecular weight excluding hydrogens is 188 g/mol. The predicted octanol–water partition coefficient (Wildman–Crippen LogP) is 1.61. The number of ether oxygens (including phenoxy) is 1. The third kappa shape index (κ3) is 3.16. The first kappa shape index (κ1) is 12.9. The van der Waals surface area contributed by atoms with E-state index in [1.54, 1.807) is 0 Å². The maximum atomic E-state index is 5.91. The third-order valence-corrected chi connectivity index (χ3v) is 3.74. The number of rotatable bonds is 5. The van der Waals surface area contributed by atoms with Gasteiger partial charge in [-0.2, -0.15) is 0 Å². The standard InChI is InChI=1S/C12H26N2O/c1-5-9(2)14(4)11(8-13)12-7-6-10(3)15-12/h9-12H,5-8,13H2,1-4H3. The van der Waals surface area contributed by atoms with E-state index >= 15 is 0 Å². The Bertz CT molecular complexity index is 184. The molecule has 0 spiro atoms. The first-order chi connectivity index (χ1) is 7.10.